The lowest BCUT2D eigenvalue weighted by atomic mass is 10.3. The van der Waals surface area contributed by atoms with Gasteiger partial charge in [-0.25, -0.2) is 9.78 Å². The Hall–Kier alpha value is -1.83. The predicted octanol–water partition coefficient (Wildman–Crippen LogP) is 2.72. The number of H-pyrrole nitrogens is 1. The monoisotopic (exact) mass is 334 g/mol. The fourth-order valence-electron chi connectivity index (χ4n) is 1.27. The minimum absolute atomic E-state index is 0.00161. The summed E-state index contributed by atoms with van der Waals surface area (Å²) in [5.41, 5.74) is -0.325. The van der Waals surface area contributed by atoms with Crippen LogP contribution in [0.15, 0.2) is 12.3 Å². The molecular formula is C10H5Cl3N4O3. The van der Waals surface area contributed by atoms with E-state index in [1.807, 2.05) is 0 Å². The number of amides is 1. The van der Waals surface area contributed by atoms with E-state index >= 15 is 0 Å². The molecule has 2 aromatic rings. The number of aromatic carboxylic acids is 1. The van der Waals surface area contributed by atoms with Gasteiger partial charge in [0.15, 0.2) is 5.82 Å². The molecule has 104 valence electrons. The van der Waals surface area contributed by atoms with Crippen molar-refractivity contribution in [3.8, 4) is 0 Å². The van der Waals surface area contributed by atoms with Crippen molar-refractivity contribution in [1.29, 1.82) is 0 Å². The van der Waals surface area contributed by atoms with Crippen LogP contribution >= 0.6 is 34.8 Å². The molecule has 0 saturated carbocycles. The third-order valence-corrected chi connectivity index (χ3v) is 3.42. The highest BCUT2D eigenvalue weighted by molar-refractivity contribution is 6.49. The number of carboxylic acids is 1. The topological polar surface area (TPSA) is 108 Å². The van der Waals surface area contributed by atoms with Crippen LogP contribution < -0.4 is 5.32 Å². The van der Waals surface area contributed by atoms with Gasteiger partial charge >= 0.3 is 5.97 Å². The molecule has 0 unspecified atom stereocenters. The summed E-state index contributed by atoms with van der Waals surface area (Å²) < 4.78 is 0. The predicted molar refractivity (Wildman–Crippen MR) is 72.8 cm³/mol. The second kappa shape index (κ2) is 5.66. The number of pyridine rings is 1. The molecule has 2 aromatic heterocycles. The molecule has 7 nitrogen and oxygen atoms in total. The van der Waals surface area contributed by atoms with Crippen LogP contribution in [0.5, 0.6) is 0 Å². The van der Waals surface area contributed by atoms with Crippen molar-refractivity contribution in [2.75, 3.05) is 5.32 Å². The fourth-order valence-corrected chi connectivity index (χ4v) is 1.84. The van der Waals surface area contributed by atoms with Crippen LogP contribution in [0.3, 0.4) is 0 Å². The number of halogens is 3. The number of nitrogens with one attached hydrogen (secondary N) is 2. The van der Waals surface area contributed by atoms with E-state index in [1.54, 1.807) is 0 Å². The molecule has 0 aliphatic rings. The van der Waals surface area contributed by atoms with Crippen LogP contribution in [0.1, 0.15) is 21.0 Å². The van der Waals surface area contributed by atoms with Crippen LogP contribution in [0.2, 0.25) is 15.1 Å². The Balaban J connectivity index is 2.24. The second-order valence-electron chi connectivity index (χ2n) is 3.51. The number of hydrogen-bond donors (Lipinski definition) is 3. The summed E-state index contributed by atoms with van der Waals surface area (Å²) in [5.74, 6) is -1.89. The average Bonchev–Trinajstić information content (AvgIpc) is 2.84. The van der Waals surface area contributed by atoms with E-state index in [9.17, 15) is 9.59 Å². The van der Waals surface area contributed by atoms with Gasteiger partial charge in [0.05, 0.1) is 15.1 Å². The summed E-state index contributed by atoms with van der Waals surface area (Å²) in [6.45, 7) is 0. The summed E-state index contributed by atoms with van der Waals surface area (Å²) in [6.07, 6.45) is 1.18. The SMILES string of the molecule is O=C(O)c1cc(NC(=O)c2ncc(Cl)c(Cl)c2Cl)n[nH]1. The first-order valence-corrected chi connectivity index (χ1v) is 6.13. The molecule has 0 aliphatic heterocycles. The number of carbonyl (C=O) groups excluding carboxylic acids is 1. The summed E-state index contributed by atoms with van der Waals surface area (Å²) in [5, 5.41) is 16.9. The molecule has 2 rings (SSSR count). The maximum atomic E-state index is 11.9. The number of anilines is 1. The lowest BCUT2D eigenvalue weighted by Crippen LogP contribution is -2.14. The summed E-state index contributed by atoms with van der Waals surface area (Å²) >= 11 is 17.3. The van der Waals surface area contributed by atoms with E-state index in [0.29, 0.717) is 0 Å². The van der Waals surface area contributed by atoms with E-state index in [-0.39, 0.29) is 32.3 Å². The van der Waals surface area contributed by atoms with Gasteiger partial charge in [0.1, 0.15) is 11.4 Å². The third-order valence-electron chi connectivity index (χ3n) is 2.18. The fraction of sp³-hybridized carbons (Fsp3) is 0. The summed E-state index contributed by atoms with van der Waals surface area (Å²) in [7, 11) is 0. The number of aromatic amines is 1. The first-order chi connectivity index (χ1) is 9.40. The molecule has 0 radical (unpaired) electrons. The molecule has 0 saturated heterocycles. The Kier molecular flexibility index (Phi) is 4.12. The zero-order valence-corrected chi connectivity index (χ0v) is 11.7. The molecule has 0 aromatic carbocycles. The molecular weight excluding hydrogens is 330 g/mol. The number of carbonyl (C=O) groups is 2. The van der Waals surface area contributed by atoms with Gasteiger partial charge in [-0.15, -0.1) is 0 Å². The smallest absolute Gasteiger partial charge is 0.353 e. The molecule has 10 heteroatoms. The van der Waals surface area contributed by atoms with Crippen molar-refractivity contribution in [3.63, 3.8) is 0 Å². The molecule has 20 heavy (non-hydrogen) atoms. The van der Waals surface area contributed by atoms with Crippen molar-refractivity contribution >= 4 is 52.5 Å². The first-order valence-electron chi connectivity index (χ1n) is 4.99. The normalized spacial score (nSPS) is 10.3. The van der Waals surface area contributed by atoms with Gasteiger partial charge in [0.25, 0.3) is 5.91 Å². The number of rotatable bonds is 3. The molecule has 0 spiro atoms. The van der Waals surface area contributed by atoms with Crippen molar-refractivity contribution in [2.45, 2.75) is 0 Å². The lowest BCUT2D eigenvalue weighted by Gasteiger charge is -2.05. The molecule has 0 fully saturated rings. The summed E-state index contributed by atoms with van der Waals surface area (Å²) in [4.78, 5) is 26.3. The zero-order chi connectivity index (χ0) is 14.9. The van der Waals surface area contributed by atoms with Crippen LogP contribution in [-0.2, 0) is 0 Å². The summed E-state index contributed by atoms with van der Waals surface area (Å²) in [6, 6.07) is 1.14. The zero-order valence-electron chi connectivity index (χ0n) is 9.45. The highest BCUT2D eigenvalue weighted by atomic mass is 35.5. The molecule has 0 aliphatic carbocycles. The van der Waals surface area contributed by atoms with E-state index in [1.165, 1.54) is 6.20 Å². The van der Waals surface area contributed by atoms with Gasteiger partial charge < -0.3 is 10.4 Å². The van der Waals surface area contributed by atoms with Gasteiger partial charge in [0, 0.05) is 12.3 Å². The lowest BCUT2D eigenvalue weighted by molar-refractivity contribution is 0.0690. The number of nitrogens with zero attached hydrogens (tertiary/aromatic N) is 2. The Bertz CT molecular complexity index is 701. The third kappa shape index (κ3) is 2.84. The number of carboxylic acid groups (broad SMARTS) is 1. The Morgan fingerprint density at radius 3 is 2.55 bits per heavy atom. The molecule has 1 amide bonds. The van der Waals surface area contributed by atoms with Crippen LogP contribution in [-0.4, -0.2) is 32.2 Å². The van der Waals surface area contributed by atoms with Gasteiger partial charge in [-0.05, 0) is 0 Å². The van der Waals surface area contributed by atoms with E-state index in [2.05, 4.69) is 20.5 Å². The maximum absolute atomic E-state index is 11.9. The van der Waals surface area contributed by atoms with Gasteiger partial charge in [-0.3, -0.25) is 9.89 Å². The number of hydrogen-bond acceptors (Lipinski definition) is 4. The van der Waals surface area contributed by atoms with E-state index in [0.717, 1.165) is 6.07 Å². The minimum atomic E-state index is -1.20. The van der Waals surface area contributed by atoms with Crippen molar-refractivity contribution in [2.24, 2.45) is 0 Å². The largest absolute Gasteiger partial charge is 0.477 e. The Morgan fingerprint density at radius 1 is 1.25 bits per heavy atom. The molecule has 0 bridgehead atoms. The van der Waals surface area contributed by atoms with Crippen molar-refractivity contribution in [3.05, 3.63) is 38.7 Å². The molecule has 2 heterocycles. The van der Waals surface area contributed by atoms with Crippen LogP contribution in [0, 0.1) is 0 Å². The minimum Gasteiger partial charge on any atom is -0.477 e. The Labute approximate surface area is 126 Å². The number of aromatic nitrogens is 3. The van der Waals surface area contributed by atoms with Crippen LogP contribution in [0.4, 0.5) is 5.82 Å². The van der Waals surface area contributed by atoms with Gasteiger partial charge in [-0.1, -0.05) is 34.8 Å². The highest BCUT2D eigenvalue weighted by Crippen LogP contribution is 2.31. The maximum Gasteiger partial charge on any atom is 0.353 e. The van der Waals surface area contributed by atoms with Crippen molar-refractivity contribution < 1.29 is 14.7 Å². The van der Waals surface area contributed by atoms with E-state index in [4.69, 9.17) is 39.9 Å². The van der Waals surface area contributed by atoms with Crippen molar-refractivity contribution in [1.82, 2.24) is 15.2 Å². The molecule has 0 atom stereocenters. The van der Waals surface area contributed by atoms with E-state index < -0.39 is 11.9 Å². The van der Waals surface area contributed by atoms with Gasteiger partial charge in [-0.2, -0.15) is 5.10 Å². The second-order valence-corrected chi connectivity index (χ2v) is 4.67. The Morgan fingerprint density at radius 2 is 1.95 bits per heavy atom. The quantitative estimate of drug-likeness (QED) is 0.799. The van der Waals surface area contributed by atoms with Crippen LogP contribution in [0.25, 0.3) is 0 Å². The first kappa shape index (κ1) is 14.6. The standard InChI is InChI=1S/C10H5Cl3N4O3/c11-3-2-14-8(7(13)6(3)12)9(18)15-5-1-4(10(19)20)16-17-5/h1-2H,(H,19,20)(H2,15,16,17,18). The average molecular weight is 336 g/mol. The van der Waals surface area contributed by atoms with Gasteiger partial charge in [0.2, 0.25) is 0 Å². The molecule has 3 N–H and O–H groups in total. The highest BCUT2D eigenvalue weighted by Gasteiger charge is 2.18.